The lowest BCUT2D eigenvalue weighted by Crippen LogP contribution is -2.09. The van der Waals surface area contributed by atoms with Crippen LogP contribution in [0.2, 0.25) is 0 Å². The molecule has 2 nitrogen and oxygen atoms in total. The van der Waals surface area contributed by atoms with E-state index < -0.39 is 0 Å². The van der Waals surface area contributed by atoms with Crippen molar-refractivity contribution in [3.8, 4) is 0 Å². The summed E-state index contributed by atoms with van der Waals surface area (Å²) in [6.07, 6.45) is 3.39. The molecular formula is C5H8N2. The largest absolute Gasteiger partial charge is 0.297 e. The van der Waals surface area contributed by atoms with E-state index in [1.54, 1.807) is 0 Å². The Labute approximate surface area is 42.8 Å². The average Bonchev–Trinajstić information content (AvgIpc) is 2.33. The molecule has 0 bridgehead atoms. The Hall–Kier alpha value is -0.530. The molecule has 1 unspecified atom stereocenters. The van der Waals surface area contributed by atoms with E-state index in [2.05, 4.69) is 5.10 Å². The Morgan fingerprint density at radius 2 is 2.71 bits per heavy atom. The Morgan fingerprint density at radius 1 is 1.86 bits per heavy atom. The molecule has 0 amide bonds. The second-order valence-electron chi connectivity index (χ2n) is 2.31. The van der Waals surface area contributed by atoms with Crippen molar-refractivity contribution in [3.63, 3.8) is 0 Å². The van der Waals surface area contributed by atoms with Gasteiger partial charge in [0.2, 0.25) is 0 Å². The molecule has 7 heavy (non-hydrogen) atoms. The summed E-state index contributed by atoms with van der Waals surface area (Å²) in [5.74, 6) is 0.824. The maximum Gasteiger partial charge on any atom is 0.0553 e. The highest BCUT2D eigenvalue weighted by molar-refractivity contribution is 5.68. The summed E-state index contributed by atoms with van der Waals surface area (Å²) < 4.78 is 0. The van der Waals surface area contributed by atoms with E-state index in [1.165, 1.54) is 6.42 Å². The first-order valence-electron chi connectivity index (χ1n) is 2.65. The van der Waals surface area contributed by atoms with Crippen LogP contribution < -0.4 is 0 Å². The van der Waals surface area contributed by atoms with Crippen LogP contribution in [-0.2, 0) is 0 Å². The molecule has 2 aliphatic rings. The minimum atomic E-state index is 0.792. The first-order valence-corrected chi connectivity index (χ1v) is 2.65. The third-order valence-electron chi connectivity index (χ3n) is 1.72. The smallest absolute Gasteiger partial charge is 0.0553 e. The van der Waals surface area contributed by atoms with Crippen LogP contribution in [0.5, 0.6) is 0 Å². The van der Waals surface area contributed by atoms with Crippen molar-refractivity contribution in [1.82, 2.24) is 5.01 Å². The molecule has 1 aliphatic heterocycles. The molecule has 1 aliphatic carbocycles. The van der Waals surface area contributed by atoms with E-state index in [-0.39, 0.29) is 0 Å². The molecule has 0 aromatic heterocycles. The minimum absolute atomic E-state index is 0.792. The molecule has 38 valence electrons. The molecule has 2 atom stereocenters. The van der Waals surface area contributed by atoms with Gasteiger partial charge in [0.05, 0.1) is 6.04 Å². The molecule has 1 fully saturated rings. The second-order valence-corrected chi connectivity index (χ2v) is 2.31. The van der Waals surface area contributed by atoms with Crippen molar-refractivity contribution in [1.29, 1.82) is 0 Å². The number of hydrazone groups is 1. The first kappa shape index (κ1) is 3.47. The van der Waals surface area contributed by atoms with Crippen LogP contribution in [0.25, 0.3) is 0 Å². The molecule has 0 spiro atoms. The van der Waals surface area contributed by atoms with E-state index in [4.69, 9.17) is 0 Å². The van der Waals surface area contributed by atoms with Crippen LogP contribution in [-0.4, -0.2) is 24.3 Å². The zero-order valence-corrected chi connectivity index (χ0v) is 4.33. The maximum absolute atomic E-state index is 4.08. The van der Waals surface area contributed by atoms with Crippen molar-refractivity contribution in [3.05, 3.63) is 0 Å². The van der Waals surface area contributed by atoms with Gasteiger partial charge in [-0.25, -0.2) is 0 Å². The Bertz CT molecular complexity index is 119. The third kappa shape index (κ3) is 0.315. The zero-order valence-electron chi connectivity index (χ0n) is 4.33. The predicted octanol–water partition coefficient (Wildman–Crippen LogP) is 0.306. The maximum atomic E-state index is 4.08. The Morgan fingerprint density at radius 3 is 2.86 bits per heavy atom. The highest BCUT2D eigenvalue weighted by Crippen LogP contribution is 2.37. The Kier molecular flexibility index (Phi) is 0.412. The average molecular weight is 96.1 g/mol. The first-order chi connectivity index (χ1) is 3.38. The van der Waals surface area contributed by atoms with Crippen molar-refractivity contribution in [2.75, 3.05) is 7.05 Å². The van der Waals surface area contributed by atoms with Crippen LogP contribution in [0.4, 0.5) is 0 Å². The van der Waals surface area contributed by atoms with Gasteiger partial charge in [-0.1, -0.05) is 0 Å². The number of hydrogen-bond donors (Lipinski definition) is 0. The van der Waals surface area contributed by atoms with Crippen molar-refractivity contribution >= 4 is 6.21 Å². The van der Waals surface area contributed by atoms with E-state index in [1.807, 2.05) is 18.3 Å². The van der Waals surface area contributed by atoms with E-state index in [9.17, 15) is 0 Å². The quantitative estimate of drug-likeness (QED) is 0.423. The summed E-state index contributed by atoms with van der Waals surface area (Å²) in [5, 5.41) is 6.12. The lowest BCUT2D eigenvalue weighted by atomic mass is 10.5. The van der Waals surface area contributed by atoms with Crippen molar-refractivity contribution in [2.45, 2.75) is 12.5 Å². The summed E-state index contributed by atoms with van der Waals surface area (Å²) in [5.41, 5.74) is 0. The highest BCUT2D eigenvalue weighted by Gasteiger charge is 2.42. The summed E-state index contributed by atoms with van der Waals surface area (Å²) in [6.45, 7) is 0. The van der Waals surface area contributed by atoms with E-state index in [0.717, 1.165) is 12.0 Å². The molecule has 2 rings (SSSR count). The van der Waals surface area contributed by atoms with Gasteiger partial charge < -0.3 is 0 Å². The van der Waals surface area contributed by atoms with E-state index >= 15 is 0 Å². The number of nitrogens with zero attached hydrogens (tertiary/aromatic N) is 2. The van der Waals surface area contributed by atoms with Crippen molar-refractivity contribution < 1.29 is 0 Å². The van der Waals surface area contributed by atoms with Gasteiger partial charge in [0.15, 0.2) is 0 Å². The summed E-state index contributed by atoms with van der Waals surface area (Å²) in [4.78, 5) is 0. The molecule has 0 N–H and O–H groups in total. The molecule has 0 saturated heterocycles. The van der Waals surface area contributed by atoms with Crippen LogP contribution in [0.1, 0.15) is 6.42 Å². The lowest BCUT2D eigenvalue weighted by Gasteiger charge is -2.04. The van der Waals surface area contributed by atoms with Gasteiger partial charge in [0, 0.05) is 19.2 Å². The standard InChI is InChI=1S/C5H8N2/c1-7-5-2-4(5)3-6-7/h3-5H,2H2,1H3/t4?,5-/m1/s1. The van der Waals surface area contributed by atoms with Crippen LogP contribution in [0, 0.1) is 5.92 Å². The fraction of sp³-hybridized carbons (Fsp3) is 0.800. The molecule has 1 heterocycles. The summed E-state index contributed by atoms with van der Waals surface area (Å²) in [6, 6.07) is 0.792. The monoisotopic (exact) mass is 96.1 g/mol. The SMILES string of the molecule is CN1N=CC2C[C@H]21. The van der Waals surface area contributed by atoms with Crippen LogP contribution >= 0.6 is 0 Å². The molecule has 0 radical (unpaired) electrons. The van der Waals surface area contributed by atoms with Crippen molar-refractivity contribution in [2.24, 2.45) is 11.0 Å². The van der Waals surface area contributed by atoms with Gasteiger partial charge in [-0.15, -0.1) is 0 Å². The summed E-state index contributed by atoms with van der Waals surface area (Å²) >= 11 is 0. The van der Waals surface area contributed by atoms with Gasteiger partial charge >= 0.3 is 0 Å². The van der Waals surface area contributed by atoms with Gasteiger partial charge in [-0.05, 0) is 6.42 Å². The van der Waals surface area contributed by atoms with Gasteiger partial charge in [0.25, 0.3) is 0 Å². The zero-order chi connectivity index (χ0) is 4.85. The normalized spacial score (nSPS) is 44.4. The van der Waals surface area contributed by atoms with Gasteiger partial charge in [0.1, 0.15) is 0 Å². The minimum Gasteiger partial charge on any atom is -0.297 e. The fourth-order valence-electron chi connectivity index (χ4n) is 1.07. The molecule has 2 heteroatoms. The topological polar surface area (TPSA) is 15.6 Å². The van der Waals surface area contributed by atoms with Gasteiger partial charge in [-0.3, -0.25) is 5.01 Å². The summed E-state index contributed by atoms with van der Waals surface area (Å²) in [7, 11) is 2.04. The lowest BCUT2D eigenvalue weighted by molar-refractivity contribution is 0.357. The molecular weight excluding hydrogens is 88.1 g/mol. The second kappa shape index (κ2) is 0.831. The van der Waals surface area contributed by atoms with Crippen LogP contribution in [0.15, 0.2) is 5.10 Å². The number of fused-ring (bicyclic) bond motifs is 1. The Balaban J connectivity index is 2.22. The molecule has 1 saturated carbocycles. The van der Waals surface area contributed by atoms with Crippen LogP contribution in [0.3, 0.4) is 0 Å². The van der Waals surface area contributed by atoms with E-state index in [0.29, 0.717) is 0 Å². The molecule has 0 aromatic carbocycles. The number of hydrogen-bond acceptors (Lipinski definition) is 2. The molecule has 0 aromatic rings. The highest BCUT2D eigenvalue weighted by atomic mass is 15.5. The number of rotatable bonds is 0. The third-order valence-corrected chi connectivity index (χ3v) is 1.72. The predicted molar refractivity (Wildman–Crippen MR) is 28.1 cm³/mol. The fourth-order valence-corrected chi connectivity index (χ4v) is 1.07. The van der Waals surface area contributed by atoms with Gasteiger partial charge in [-0.2, -0.15) is 5.10 Å².